The van der Waals surface area contributed by atoms with E-state index >= 15 is 0 Å². The molecule has 1 aromatic rings. The molecule has 0 aliphatic carbocycles. The van der Waals surface area contributed by atoms with Crippen LogP contribution in [0.5, 0.6) is 17.2 Å². The molecule has 0 fully saturated rings. The Morgan fingerprint density at radius 3 is 2.10 bits per heavy atom. The number of nitrogens with two attached hydrogens (primary N) is 1. The van der Waals surface area contributed by atoms with E-state index in [0.717, 1.165) is 0 Å². The molecule has 6 nitrogen and oxygen atoms in total. The second kappa shape index (κ2) is 7.17. The molecule has 0 radical (unpaired) electrons. The topological polar surface area (TPSA) is 82.8 Å². The van der Waals surface area contributed by atoms with Gasteiger partial charge in [0.2, 0.25) is 0 Å². The third-order valence-corrected chi connectivity index (χ3v) is 3.23. The number of benzene rings is 1. The van der Waals surface area contributed by atoms with Gasteiger partial charge in [0.25, 0.3) is 5.91 Å². The average Bonchev–Trinajstić information content (AvgIpc) is 2.51. The number of rotatable bonds is 7. The van der Waals surface area contributed by atoms with Crippen molar-refractivity contribution in [3.8, 4) is 17.2 Å². The Hall–Kier alpha value is -1.95. The molecule has 0 bridgehead atoms. The first kappa shape index (κ1) is 17.1. The third-order valence-electron chi connectivity index (χ3n) is 3.23. The van der Waals surface area contributed by atoms with E-state index in [1.54, 1.807) is 12.1 Å². The molecule has 118 valence electrons. The van der Waals surface area contributed by atoms with Crippen LogP contribution in [-0.2, 0) is 0 Å². The maximum Gasteiger partial charge on any atom is 0.255 e. The Labute approximate surface area is 125 Å². The van der Waals surface area contributed by atoms with E-state index < -0.39 is 0 Å². The van der Waals surface area contributed by atoms with Gasteiger partial charge in [0.15, 0.2) is 11.5 Å². The summed E-state index contributed by atoms with van der Waals surface area (Å²) in [6.45, 7) is 4.93. The summed E-state index contributed by atoms with van der Waals surface area (Å²) in [6, 6.07) is 3.23. The number of methoxy groups -OCH3 is 3. The van der Waals surface area contributed by atoms with Gasteiger partial charge in [-0.3, -0.25) is 4.79 Å². The molecule has 0 heterocycles. The van der Waals surface area contributed by atoms with Crippen molar-refractivity contribution >= 4 is 5.91 Å². The fourth-order valence-electron chi connectivity index (χ4n) is 1.69. The molecule has 1 aromatic carbocycles. The van der Waals surface area contributed by atoms with E-state index in [-0.39, 0.29) is 11.3 Å². The highest BCUT2D eigenvalue weighted by atomic mass is 16.5. The van der Waals surface area contributed by atoms with Crippen LogP contribution < -0.4 is 25.3 Å². The minimum atomic E-state index is -0.241. The zero-order valence-electron chi connectivity index (χ0n) is 13.3. The molecular weight excluding hydrogens is 272 g/mol. The largest absolute Gasteiger partial charge is 0.496 e. The monoisotopic (exact) mass is 296 g/mol. The Bertz CT molecular complexity index is 501. The lowest BCUT2D eigenvalue weighted by Crippen LogP contribution is -2.38. The van der Waals surface area contributed by atoms with Crippen molar-refractivity contribution in [2.45, 2.75) is 13.8 Å². The van der Waals surface area contributed by atoms with Gasteiger partial charge in [-0.25, -0.2) is 0 Å². The molecule has 0 atom stereocenters. The number of amides is 1. The first-order valence-corrected chi connectivity index (χ1v) is 6.66. The lowest BCUT2D eigenvalue weighted by molar-refractivity contribution is 0.0934. The van der Waals surface area contributed by atoms with Gasteiger partial charge in [0, 0.05) is 18.7 Å². The summed E-state index contributed by atoms with van der Waals surface area (Å²) in [5, 5.41) is 2.86. The van der Waals surface area contributed by atoms with Crippen molar-refractivity contribution in [1.29, 1.82) is 0 Å². The lowest BCUT2D eigenvalue weighted by Gasteiger charge is -2.23. The van der Waals surface area contributed by atoms with E-state index in [9.17, 15) is 4.79 Å². The molecule has 0 aromatic heterocycles. The van der Waals surface area contributed by atoms with Gasteiger partial charge in [0.1, 0.15) is 5.75 Å². The molecule has 0 aliphatic heterocycles. The van der Waals surface area contributed by atoms with Gasteiger partial charge in [-0.15, -0.1) is 0 Å². The highest BCUT2D eigenvalue weighted by molar-refractivity contribution is 5.97. The van der Waals surface area contributed by atoms with Crippen molar-refractivity contribution < 1.29 is 19.0 Å². The van der Waals surface area contributed by atoms with Gasteiger partial charge in [-0.1, -0.05) is 13.8 Å². The van der Waals surface area contributed by atoms with Crippen molar-refractivity contribution in [1.82, 2.24) is 5.32 Å². The van der Waals surface area contributed by atoms with E-state index in [1.807, 2.05) is 13.8 Å². The predicted octanol–water partition coefficient (Wildman–Crippen LogP) is 1.43. The number of carbonyl (C=O) groups excluding carboxylic acids is 1. The third kappa shape index (κ3) is 4.26. The summed E-state index contributed by atoms with van der Waals surface area (Å²) in [4.78, 5) is 12.3. The summed E-state index contributed by atoms with van der Waals surface area (Å²) >= 11 is 0. The summed E-state index contributed by atoms with van der Waals surface area (Å²) in [5.74, 6) is 1.17. The molecule has 21 heavy (non-hydrogen) atoms. The SMILES string of the molecule is COc1cc(OC)c(C(=O)NCC(C)(C)CN)cc1OC. The average molecular weight is 296 g/mol. The molecule has 3 N–H and O–H groups in total. The maximum atomic E-state index is 12.3. The standard InChI is InChI=1S/C15H24N2O4/c1-15(2,8-16)9-17-14(18)10-6-12(20-4)13(21-5)7-11(10)19-3/h6-7H,8-9,16H2,1-5H3,(H,17,18). The van der Waals surface area contributed by atoms with Crippen molar-refractivity contribution in [3.63, 3.8) is 0 Å². The second-order valence-electron chi connectivity index (χ2n) is 5.46. The summed E-state index contributed by atoms with van der Waals surface area (Å²) in [6.07, 6.45) is 0. The summed E-state index contributed by atoms with van der Waals surface area (Å²) < 4.78 is 15.7. The Morgan fingerprint density at radius 2 is 1.62 bits per heavy atom. The number of hydrogen-bond donors (Lipinski definition) is 2. The van der Waals surface area contributed by atoms with Crippen LogP contribution in [0, 0.1) is 5.41 Å². The van der Waals surface area contributed by atoms with Crippen LogP contribution >= 0.6 is 0 Å². The summed E-state index contributed by atoms with van der Waals surface area (Å²) in [7, 11) is 4.55. The van der Waals surface area contributed by atoms with E-state index in [1.165, 1.54) is 21.3 Å². The van der Waals surface area contributed by atoms with Crippen LogP contribution in [0.25, 0.3) is 0 Å². The maximum absolute atomic E-state index is 12.3. The highest BCUT2D eigenvalue weighted by Crippen LogP contribution is 2.34. The number of ether oxygens (including phenoxy) is 3. The Morgan fingerprint density at radius 1 is 1.10 bits per heavy atom. The van der Waals surface area contributed by atoms with Gasteiger partial charge in [-0.2, -0.15) is 0 Å². The molecule has 0 saturated carbocycles. The lowest BCUT2D eigenvalue weighted by atomic mass is 9.94. The van der Waals surface area contributed by atoms with Crippen LogP contribution in [0.2, 0.25) is 0 Å². The van der Waals surface area contributed by atoms with Gasteiger partial charge < -0.3 is 25.3 Å². The predicted molar refractivity (Wildman–Crippen MR) is 81.3 cm³/mol. The number of carbonyl (C=O) groups is 1. The zero-order chi connectivity index (χ0) is 16.0. The van der Waals surface area contributed by atoms with Crippen molar-refractivity contribution in [2.24, 2.45) is 11.1 Å². The molecule has 0 aliphatic rings. The Balaban J connectivity index is 3.02. The molecule has 0 saturated heterocycles. The van der Waals surface area contributed by atoms with E-state index in [2.05, 4.69) is 5.32 Å². The van der Waals surface area contributed by atoms with Crippen LogP contribution in [0.1, 0.15) is 24.2 Å². The summed E-state index contributed by atoms with van der Waals surface area (Å²) in [5.41, 5.74) is 5.88. The molecule has 0 unspecified atom stereocenters. The molecule has 0 spiro atoms. The van der Waals surface area contributed by atoms with Crippen LogP contribution in [0.4, 0.5) is 0 Å². The molecule has 1 rings (SSSR count). The molecule has 6 heteroatoms. The van der Waals surface area contributed by atoms with Crippen LogP contribution in [-0.4, -0.2) is 40.3 Å². The Kier molecular flexibility index (Phi) is 5.84. The van der Waals surface area contributed by atoms with Gasteiger partial charge in [-0.05, 0) is 12.0 Å². The van der Waals surface area contributed by atoms with Crippen molar-refractivity contribution in [3.05, 3.63) is 17.7 Å². The first-order valence-electron chi connectivity index (χ1n) is 6.66. The fourth-order valence-corrected chi connectivity index (χ4v) is 1.69. The minimum Gasteiger partial charge on any atom is -0.496 e. The first-order chi connectivity index (χ1) is 9.88. The number of nitrogens with one attached hydrogen (secondary N) is 1. The van der Waals surface area contributed by atoms with E-state index in [0.29, 0.717) is 35.9 Å². The number of hydrogen-bond acceptors (Lipinski definition) is 5. The minimum absolute atomic E-state index is 0.167. The highest BCUT2D eigenvalue weighted by Gasteiger charge is 2.21. The van der Waals surface area contributed by atoms with E-state index in [4.69, 9.17) is 19.9 Å². The zero-order valence-corrected chi connectivity index (χ0v) is 13.3. The smallest absolute Gasteiger partial charge is 0.255 e. The quantitative estimate of drug-likeness (QED) is 0.795. The fraction of sp³-hybridized carbons (Fsp3) is 0.533. The second-order valence-corrected chi connectivity index (χ2v) is 5.46. The van der Waals surface area contributed by atoms with Gasteiger partial charge >= 0.3 is 0 Å². The van der Waals surface area contributed by atoms with Crippen LogP contribution in [0.3, 0.4) is 0 Å². The molecule has 1 amide bonds. The van der Waals surface area contributed by atoms with Gasteiger partial charge in [0.05, 0.1) is 26.9 Å². The van der Waals surface area contributed by atoms with Crippen molar-refractivity contribution in [2.75, 3.05) is 34.4 Å². The molecular formula is C15H24N2O4. The van der Waals surface area contributed by atoms with Crippen LogP contribution in [0.15, 0.2) is 12.1 Å². The normalized spacial score (nSPS) is 11.0.